The van der Waals surface area contributed by atoms with Crippen LogP contribution in [0.1, 0.15) is 38.5 Å². The molecule has 1 heterocycles. The normalized spacial score (nSPS) is 14.8. The van der Waals surface area contributed by atoms with E-state index in [-0.39, 0.29) is 0 Å². The van der Waals surface area contributed by atoms with Crippen molar-refractivity contribution < 1.29 is 9.84 Å². The molecule has 1 aliphatic heterocycles. The van der Waals surface area contributed by atoms with E-state index >= 15 is 0 Å². The van der Waals surface area contributed by atoms with Gasteiger partial charge in [0.2, 0.25) is 0 Å². The predicted octanol–water partition coefficient (Wildman–Crippen LogP) is 2.08. The molecule has 0 atom stereocenters. The minimum Gasteiger partial charge on any atom is -0.479 e. The van der Waals surface area contributed by atoms with Gasteiger partial charge in [0.05, 0.1) is 0 Å². The maximum absolute atomic E-state index is 8.58. The molecular weight excluding hydrogens is 178 g/mol. The molecule has 0 spiro atoms. The van der Waals surface area contributed by atoms with Gasteiger partial charge < -0.3 is 14.7 Å². The summed E-state index contributed by atoms with van der Waals surface area (Å²) < 4.78 is 5.08. The van der Waals surface area contributed by atoms with Crippen LogP contribution in [0.4, 0.5) is 0 Å². The van der Waals surface area contributed by atoms with Crippen LogP contribution in [0.2, 0.25) is 0 Å². The fourth-order valence-electron chi connectivity index (χ4n) is 1.58. The highest BCUT2D eigenvalue weighted by atomic mass is 16.5. The van der Waals surface area contributed by atoms with Crippen molar-refractivity contribution in [2.45, 2.75) is 38.5 Å². The van der Waals surface area contributed by atoms with Crippen LogP contribution >= 0.6 is 0 Å². The van der Waals surface area contributed by atoms with E-state index in [4.69, 9.17) is 9.84 Å². The largest absolute Gasteiger partial charge is 0.479 e. The topological polar surface area (TPSA) is 32.7 Å². The molecule has 0 amide bonds. The molecule has 0 fully saturated rings. The van der Waals surface area contributed by atoms with Crippen LogP contribution < -0.4 is 0 Å². The van der Waals surface area contributed by atoms with Gasteiger partial charge in [0.15, 0.2) is 6.73 Å². The van der Waals surface area contributed by atoms with Gasteiger partial charge in [-0.3, -0.25) is 0 Å². The lowest BCUT2D eigenvalue weighted by atomic mass is 10.1. The number of hydrogen-bond acceptors (Lipinski definition) is 3. The van der Waals surface area contributed by atoms with Crippen molar-refractivity contribution in [1.29, 1.82) is 0 Å². The summed E-state index contributed by atoms with van der Waals surface area (Å²) >= 11 is 0. The van der Waals surface area contributed by atoms with Gasteiger partial charge >= 0.3 is 0 Å². The van der Waals surface area contributed by atoms with E-state index in [1.807, 2.05) is 6.20 Å². The van der Waals surface area contributed by atoms with E-state index in [0.29, 0.717) is 6.61 Å². The number of nitrogens with zero attached hydrogens (tertiary/aromatic N) is 1. The fraction of sp³-hybridized carbons (Fsp3) is 0.818. The predicted molar refractivity (Wildman–Crippen MR) is 56.6 cm³/mol. The molecule has 1 rings (SSSR count). The van der Waals surface area contributed by atoms with Gasteiger partial charge in [-0.05, 0) is 12.8 Å². The Morgan fingerprint density at radius 1 is 1.07 bits per heavy atom. The number of aliphatic hydroxyl groups is 1. The average molecular weight is 199 g/mol. The lowest BCUT2D eigenvalue weighted by molar-refractivity contribution is 0.169. The molecule has 0 saturated heterocycles. The van der Waals surface area contributed by atoms with Gasteiger partial charge in [-0.2, -0.15) is 0 Å². The van der Waals surface area contributed by atoms with Crippen molar-refractivity contribution in [3.8, 4) is 0 Å². The second-order valence-corrected chi connectivity index (χ2v) is 3.74. The molecule has 3 heteroatoms. The summed E-state index contributed by atoms with van der Waals surface area (Å²) in [7, 11) is 0. The molecule has 0 aromatic carbocycles. The Bertz CT molecular complexity index is 159. The van der Waals surface area contributed by atoms with Crippen molar-refractivity contribution in [2.24, 2.45) is 0 Å². The molecule has 14 heavy (non-hydrogen) atoms. The summed E-state index contributed by atoms with van der Waals surface area (Å²) in [6, 6.07) is 0. The molecular formula is C11H21NO2. The third-order valence-corrected chi connectivity index (χ3v) is 2.46. The van der Waals surface area contributed by atoms with Crippen LogP contribution in [0, 0.1) is 0 Å². The summed E-state index contributed by atoms with van der Waals surface area (Å²) in [5.74, 6) is 0. The van der Waals surface area contributed by atoms with Crippen molar-refractivity contribution in [3.05, 3.63) is 12.5 Å². The maximum atomic E-state index is 8.58. The standard InChI is InChI=1S/C11H21NO2/c13-9-6-4-2-1-3-5-7-12-8-10-14-11-12/h8,10,13H,1-7,9,11H2. The van der Waals surface area contributed by atoms with Gasteiger partial charge in [0.1, 0.15) is 6.26 Å². The summed E-state index contributed by atoms with van der Waals surface area (Å²) in [6.45, 7) is 2.18. The lowest BCUT2D eigenvalue weighted by Gasteiger charge is -2.12. The summed E-state index contributed by atoms with van der Waals surface area (Å²) in [6.07, 6.45) is 11.0. The number of aliphatic hydroxyl groups excluding tert-OH is 1. The van der Waals surface area contributed by atoms with E-state index in [0.717, 1.165) is 19.7 Å². The second-order valence-electron chi connectivity index (χ2n) is 3.74. The Hall–Kier alpha value is -0.700. The van der Waals surface area contributed by atoms with Crippen LogP contribution in [-0.4, -0.2) is 29.9 Å². The molecule has 1 N–H and O–H groups in total. The first-order valence-electron chi connectivity index (χ1n) is 5.56. The Balaban J connectivity index is 1.77. The minimum absolute atomic E-state index is 0.343. The monoisotopic (exact) mass is 199 g/mol. The lowest BCUT2D eigenvalue weighted by Crippen LogP contribution is -2.16. The second kappa shape index (κ2) is 7.68. The highest BCUT2D eigenvalue weighted by Crippen LogP contribution is 2.07. The maximum Gasteiger partial charge on any atom is 0.160 e. The van der Waals surface area contributed by atoms with E-state index in [9.17, 15) is 0 Å². The third-order valence-electron chi connectivity index (χ3n) is 2.46. The molecule has 0 aromatic heterocycles. The Morgan fingerprint density at radius 3 is 2.43 bits per heavy atom. The van der Waals surface area contributed by atoms with Crippen LogP contribution in [0.5, 0.6) is 0 Å². The van der Waals surface area contributed by atoms with Crippen molar-refractivity contribution >= 4 is 0 Å². The summed E-state index contributed by atoms with van der Waals surface area (Å²) in [5.41, 5.74) is 0. The van der Waals surface area contributed by atoms with Gasteiger partial charge in [0, 0.05) is 19.4 Å². The van der Waals surface area contributed by atoms with E-state index in [1.165, 1.54) is 32.1 Å². The summed E-state index contributed by atoms with van der Waals surface area (Å²) in [4.78, 5) is 2.19. The van der Waals surface area contributed by atoms with Crippen LogP contribution in [0.3, 0.4) is 0 Å². The number of rotatable bonds is 8. The van der Waals surface area contributed by atoms with Crippen LogP contribution in [-0.2, 0) is 4.74 Å². The first-order valence-corrected chi connectivity index (χ1v) is 5.56. The zero-order valence-electron chi connectivity index (χ0n) is 8.82. The van der Waals surface area contributed by atoms with Crippen LogP contribution in [0.15, 0.2) is 12.5 Å². The first kappa shape index (κ1) is 11.4. The van der Waals surface area contributed by atoms with Crippen molar-refractivity contribution in [1.82, 2.24) is 4.90 Å². The van der Waals surface area contributed by atoms with E-state index < -0.39 is 0 Å². The number of hydrogen-bond donors (Lipinski definition) is 1. The number of unbranched alkanes of at least 4 members (excludes halogenated alkanes) is 5. The van der Waals surface area contributed by atoms with Crippen molar-refractivity contribution in [2.75, 3.05) is 19.9 Å². The number of ether oxygens (including phenoxy) is 1. The minimum atomic E-state index is 0.343. The molecule has 1 aliphatic rings. The first-order chi connectivity index (χ1) is 6.93. The highest BCUT2D eigenvalue weighted by molar-refractivity contribution is 4.79. The quantitative estimate of drug-likeness (QED) is 0.607. The highest BCUT2D eigenvalue weighted by Gasteiger charge is 2.02. The third kappa shape index (κ3) is 5.12. The Labute approximate surface area is 86.4 Å². The summed E-state index contributed by atoms with van der Waals surface area (Å²) in [5, 5.41) is 8.58. The molecule has 0 saturated carbocycles. The molecule has 82 valence electrons. The van der Waals surface area contributed by atoms with Crippen molar-refractivity contribution in [3.63, 3.8) is 0 Å². The molecule has 0 unspecified atom stereocenters. The SMILES string of the molecule is OCCCCCCCCN1C=COC1. The molecule has 0 aliphatic carbocycles. The Morgan fingerprint density at radius 2 is 1.79 bits per heavy atom. The fourth-order valence-corrected chi connectivity index (χ4v) is 1.58. The van der Waals surface area contributed by atoms with Gasteiger partial charge in [0.25, 0.3) is 0 Å². The van der Waals surface area contributed by atoms with E-state index in [2.05, 4.69) is 4.90 Å². The van der Waals surface area contributed by atoms with Gasteiger partial charge in [-0.15, -0.1) is 0 Å². The van der Waals surface area contributed by atoms with Gasteiger partial charge in [-0.1, -0.05) is 25.7 Å². The molecule has 0 aromatic rings. The Kier molecular flexibility index (Phi) is 6.24. The zero-order chi connectivity index (χ0) is 10.1. The van der Waals surface area contributed by atoms with Gasteiger partial charge in [-0.25, -0.2) is 0 Å². The molecule has 3 nitrogen and oxygen atoms in total. The molecule has 0 radical (unpaired) electrons. The van der Waals surface area contributed by atoms with E-state index in [1.54, 1.807) is 6.26 Å². The zero-order valence-corrected chi connectivity index (χ0v) is 8.82. The van der Waals surface area contributed by atoms with Crippen LogP contribution in [0.25, 0.3) is 0 Å². The molecule has 0 bridgehead atoms. The average Bonchev–Trinajstić information content (AvgIpc) is 2.69. The smallest absolute Gasteiger partial charge is 0.160 e.